The quantitative estimate of drug-likeness (QED) is 0.650. The van der Waals surface area contributed by atoms with E-state index in [9.17, 15) is 19.5 Å². The van der Waals surface area contributed by atoms with Crippen LogP contribution in [-0.4, -0.2) is 47.1 Å². The second-order valence-electron chi connectivity index (χ2n) is 9.12. The van der Waals surface area contributed by atoms with E-state index in [1.807, 2.05) is 20.8 Å². The summed E-state index contributed by atoms with van der Waals surface area (Å²) in [5, 5.41) is 10.2. The molecule has 0 spiro atoms. The lowest BCUT2D eigenvalue weighted by Gasteiger charge is -2.34. The Balaban J connectivity index is 2.27. The summed E-state index contributed by atoms with van der Waals surface area (Å²) >= 11 is 12.8. The highest BCUT2D eigenvalue weighted by molar-refractivity contribution is 6.31. The number of halogens is 2. The number of carboxylic acids is 1. The van der Waals surface area contributed by atoms with Crippen LogP contribution in [0.3, 0.4) is 0 Å². The summed E-state index contributed by atoms with van der Waals surface area (Å²) < 4.78 is 6.25. The number of hydrogen-bond donors (Lipinski definition) is 1. The SMILES string of the molecule is CC(=O)N(CC(=O)O)[C@@H]1O[C@H](c2ccccc2Cl)c2cc(Cl)ccc2N(CC(C)(C)C)C1=O. The number of anilines is 1. The second-order valence-corrected chi connectivity index (χ2v) is 9.96. The van der Waals surface area contributed by atoms with Crippen LogP contribution in [0.4, 0.5) is 5.69 Å². The number of carbonyl (C=O) groups is 3. The summed E-state index contributed by atoms with van der Waals surface area (Å²) in [7, 11) is 0. The standard InChI is InChI=1S/C24H26Cl2N2O5/c1-14(29)27(12-20(30)31)23-22(32)28(13-24(2,3)4)19-10-9-15(25)11-17(19)21(33-23)16-7-5-6-8-18(16)26/h5-11,21,23H,12-13H2,1-4H3,(H,30,31)/t21-,23-/m1/s1. The first kappa shape index (κ1) is 25.0. The number of carbonyl (C=O) groups excluding carboxylic acids is 2. The second kappa shape index (κ2) is 9.71. The van der Waals surface area contributed by atoms with E-state index in [1.54, 1.807) is 42.5 Å². The predicted molar refractivity (Wildman–Crippen MR) is 126 cm³/mol. The number of rotatable bonds is 5. The average Bonchev–Trinajstić information content (AvgIpc) is 2.81. The molecule has 33 heavy (non-hydrogen) atoms. The van der Waals surface area contributed by atoms with E-state index in [4.69, 9.17) is 27.9 Å². The zero-order valence-corrected chi connectivity index (χ0v) is 20.4. The highest BCUT2D eigenvalue weighted by Gasteiger charge is 2.42. The molecule has 0 saturated carbocycles. The van der Waals surface area contributed by atoms with Gasteiger partial charge in [0, 0.05) is 34.6 Å². The van der Waals surface area contributed by atoms with E-state index in [0.717, 1.165) is 4.90 Å². The van der Waals surface area contributed by atoms with Gasteiger partial charge in [-0.25, -0.2) is 0 Å². The van der Waals surface area contributed by atoms with E-state index in [2.05, 4.69) is 0 Å². The molecule has 1 aliphatic rings. The number of nitrogens with zero attached hydrogens (tertiary/aromatic N) is 2. The van der Waals surface area contributed by atoms with Crippen molar-refractivity contribution in [2.24, 2.45) is 5.41 Å². The maximum Gasteiger partial charge on any atom is 0.323 e. The van der Waals surface area contributed by atoms with Crippen molar-refractivity contribution in [3.05, 3.63) is 63.6 Å². The van der Waals surface area contributed by atoms with Gasteiger partial charge in [0.2, 0.25) is 12.1 Å². The molecule has 1 aliphatic heterocycles. The maximum absolute atomic E-state index is 13.8. The third-order valence-electron chi connectivity index (χ3n) is 5.12. The first-order valence-electron chi connectivity index (χ1n) is 10.4. The Bertz CT molecular complexity index is 1080. The molecule has 2 atom stereocenters. The molecule has 0 bridgehead atoms. The fourth-order valence-corrected chi connectivity index (χ4v) is 4.19. The molecule has 7 nitrogen and oxygen atoms in total. The van der Waals surface area contributed by atoms with Crippen LogP contribution in [-0.2, 0) is 19.1 Å². The summed E-state index contributed by atoms with van der Waals surface area (Å²) in [6.07, 6.45) is -2.35. The molecule has 2 aromatic rings. The number of carboxylic acid groups (broad SMARTS) is 1. The minimum atomic E-state index is -1.48. The molecule has 0 fully saturated rings. The van der Waals surface area contributed by atoms with Gasteiger partial charge in [-0.2, -0.15) is 0 Å². The fraction of sp³-hybridized carbons (Fsp3) is 0.375. The average molecular weight is 493 g/mol. The van der Waals surface area contributed by atoms with Crippen LogP contribution >= 0.6 is 23.2 Å². The summed E-state index contributed by atoms with van der Waals surface area (Å²) in [4.78, 5) is 40.2. The minimum absolute atomic E-state index is 0.300. The lowest BCUT2D eigenvalue weighted by molar-refractivity contribution is -0.165. The molecular weight excluding hydrogens is 467 g/mol. The van der Waals surface area contributed by atoms with Crippen LogP contribution in [0.25, 0.3) is 0 Å². The monoisotopic (exact) mass is 492 g/mol. The lowest BCUT2D eigenvalue weighted by atomic mass is 9.94. The van der Waals surface area contributed by atoms with Crippen molar-refractivity contribution in [1.82, 2.24) is 4.90 Å². The molecule has 0 aromatic heterocycles. The molecule has 0 unspecified atom stereocenters. The molecule has 2 amide bonds. The Morgan fingerprint density at radius 1 is 1.12 bits per heavy atom. The van der Waals surface area contributed by atoms with E-state index in [-0.39, 0.29) is 5.41 Å². The van der Waals surface area contributed by atoms with E-state index in [0.29, 0.717) is 33.4 Å². The Morgan fingerprint density at radius 2 is 1.79 bits per heavy atom. The van der Waals surface area contributed by atoms with Crippen LogP contribution in [0.5, 0.6) is 0 Å². The number of hydrogen-bond acceptors (Lipinski definition) is 4. The van der Waals surface area contributed by atoms with Crippen molar-refractivity contribution >= 4 is 46.7 Å². The number of aliphatic carboxylic acids is 1. The Labute approximate surface area is 202 Å². The Hall–Kier alpha value is -2.61. The summed E-state index contributed by atoms with van der Waals surface area (Å²) in [5.41, 5.74) is 1.41. The van der Waals surface area contributed by atoms with Gasteiger partial charge >= 0.3 is 5.97 Å². The third-order valence-corrected chi connectivity index (χ3v) is 5.70. The topological polar surface area (TPSA) is 87.2 Å². The van der Waals surface area contributed by atoms with Gasteiger partial charge in [0.15, 0.2) is 0 Å². The van der Waals surface area contributed by atoms with Crippen molar-refractivity contribution in [2.75, 3.05) is 18.0 Å². The number of fused-ring (bicyclic) bond motifs is 1. The number of benzene rings is 2. The van der Waals surface area contributed by atoms with E-state index >= 15 is 0 Å². The molecule has 0 saturated heterocycles. The zero-order chi connectivity index (χ0) is 24.5. The Kier molecular flexibility index (Phi) is 7.36. The number of amides is 2. The van der Waals surface area contributed by atoms with Gasteiger partial charge in [-0.15, -0.1) is 0 Å². The Morgan fingerprint density at radius 3 is 2.36 bits per heavy atom. The van der Waals surface area contributed by atoms with Gasteiger partial charge in [-0.3, -0.25) is 19.3 Å². The van der Waals surface area contributed by atoms with E-state index in [1.165, 1.54) is 11.8 Å². The molecule has 1 N–H and O–H groups in total. The van der Waals surface area contributed by atoms with Gasteiger partial charge in [-0.05, 0) is 29.7 Å². The van der Waals surface area contributed by atoms with Crippen molar-refractivity contribution in [3.8, 4) is 0 Å². The van der Waals surface area contributed by atoms with Crippen molar-refractivity contribution < 1.29 is 24.2 Å². The molecule has 0 radical (unpaired) electrons. The molecule has 2 aromatic carbocycles. The molecular formula is C24H26Cl2N2O5. The first-order valence-corrected chi connectivity index (χ1v) is 11.1. The lowest BCUT2D eigenvalue weighted by Crippen LogP contribution is -2.54. The van der Waals surface area contributed by atoms with Gasteiger partial charge in [-0.1, -0.05) is 62.2 Å². The largest absolute Gasteiger partial charge is 0.480 e. The fourth-order valence-electron chi connectivity index (χ4n) is 3.77. The minimum Gasteiger partial charge on any atom is -0.480 e. The van der Waals surface area contributed by atoms with E-state index < -0.39 is 36.7 Å². The third kappa shape index (κ3) is 5.66. The van der Waals surface area contributed by atoms with Crippen LogP contribution in [0, 0.1) is 5.41 Å². The predicted octanol–water partition coefficient (Wildman–Crippen LogP) is 4.75. The van der Waals surface area contributed by atoms with Gasteiger partial charge in [0.25, 0.3) is 5.91 Å². The van der Waals surface area contributed by atoms with Gasteiger partial charge in [0.1, 0.15) is 12.6 Å². The molecule has 176 valence electrons. The molecule has 3 rings (SSSR count). The highest BCUT2D eigenvalue weighted by atomic mass is 35.5. The van der Waals surface area contributed by atoms with Crippen LogP contribution in [0.1, 0.15) is 44.9 Å². The number of ether oxygens (including phenoxy) is 1. The van der Waals surface area contributed by atoms with Crippen LogP contribution < -0.4 is 4.90 Å². The summed E-state index contributed by atoms with van der Waals surface area (Å²) in [5.74, 6) is -2.41. The van der Waals surface area contributed by atoms with Crippen LogP contribution in [0.15, 0.2) is 42.5 Å². The summed E-state index contributed by atoms with van der Waals surface area (Å²) in [6.45, 7) is 6.73. The molecule has 1 heterocycles. The highest BCUT2D eigenvalue weighted by Crippen LogP contribution is 2.42. The first-order chi connectivity index (χ1) is 15.4. The normalized spacial score (nSPS) is 18.5. The smallest absolute Gasteiger partial charge is 0.323 e. The van der Waals surface area contributed by atoms with Crippen LogP contribution in [0.2, 0.25) is 10.0 Å². The maximum atomic E-state index is 13.8. The van der Waals surface area contributed by atoms with Crippen molar-refractivity contribution in [2.45, 2.75) is 40.0 Å². The zero-order valence-electron chi connectivity index (χ0n) is 18.8. The molecule has 9 heteroatoms. The van der Waals surface area contributed by atoms with Crippen molar-refractivity contribution in [1.29, 1.82) is 0 Å². The van der Waals surface area contributed by atoms with Gasteiger partial charge < -0.3 is 14.7 Å². The van der Waals surface area contributed by atoms with Gasteiger partial charge in [0.05, 0.1) is 5.69 Å². The summed E-state index contributed by atoms with van der Waals surface area (Å²) in [6, 6.07) is 12.1. The van der Waals surface area contributed by atoms with Crippen molar-refractivity contribution in [3.63, 3.8) is 0 Å². The molecule has 0 aliphatic carbocycles.